The Balaban J connectivity index is 1.93. The first-order chi connectivity index (χ1) is 15.0. The second kappa shape index (κ2) is 11.4. The minimum atomic E-state index is -0.797. The van der Waals surface area contributed by atoms with E-state index in [0.29, 0.717) is 16.3 Å². The Hall–Kier alpha value is -2.24. The van der Waals surface area contributed by atoms with Gasteiger partial charge in [0.05, 0.1) is 7.11 Å². The molecular weight excluding hydrogens is 435 g/mol. The second-order valence-corrected chi connectivity index (χ2v) is 8.50. The summed E-state index contributed by atoms with van der Waals surface area (Å²) >= 11 is 12.0. The zero-order chi connectivity index (χ0) is 22.2. The molecule has 1 aliphatic rings. The van der Waals surface area contributed by atoms with Crippen LogP contribution >= 0.6 is 23.2 Å². The third kappa shape index (κ3) is 6.37. The highest BCUT2D eigenvalue weighted by atomic mass is 35.5. The molecule has 0 heterocycles. The largest absolute Gasteiger partial charge is 0.497 e. The van der Waals surface area contributed by atoms with Crippen molar-refractivity contribution < 1.29 is 14.3 Å². The molecule has 3 rings (SSSR count). The van der Waals surface area contributed by atoms with Gasteiger partial charge >= 0.3 is 0 Å². The molecule has 0 aliphatic heterocycles. The zero-order valence-electron chi connectivity index (χ0n) is 17.7. The molecule has 0 saturated heterocycles. The van der Waals surface area contributed by atoms with Crippen molar-refractivity contribution in [3.8, 4) is 5.75 Å². The van der Waals surface area contributed by atoms with E-state index in [1.807, 2.05) is 24.3 Å². The third-order valence-corrected chi connectivity index (χ3v) is 6.12. The minimum Gasteiger partial charge on any atom is -0.497 e. The quantitative estimate of drug-likeness (QED) is 0.554. The van der Waals surface area contributed by atoms with E-state index >= 15 is 0 Å². The van der Waals surface area contributed by atoms with Crippen LogP contribution < -0.4 is 10.1 Å². The third-order valence-electron chi connectivity index (χ3n) is 5.64. The van der Waals surface area contributed by atoms with Gasteiger partial charge in [0.2, 0.25) is 11.8 Å². The number of benzene rings is 2. The number of nitrogens with one attached hydrogen (secondary N) is 1. The molecule has 1 saturated carbocycles. The van der Waals surface area contributed by atoms with E-state index < -0.39 is 6.04 Å². The van der Waals surface area contributed by atoms with Crippen molar-refractivity contribution in [2.75, 3.05) is 13.0 Å². The first-order valence-electron chi connectivity index (χ1n) is 10.6. The van der Waals surface area contributed by atoms with E-state index in [9.17, 15) is 9.59 Å². The summed E-state index contributed by atoms with van der Waals surface area (Å²) in [5, 5.41) is 3.78. The lowest BCUT2D eigenvalue weighted by Crippen LogP contribution is -2.47. The van der Waals surface area contributed by atoms with Crippen molar-refractivity contribution >= 4 is 35.0 Å². The van der Waals surface area contributed by atoms with Gasteiger partial charge in [-0.05, 0) is 48.2 Å². The summed E-state index contributed by atoms with van der Waals surface area (Å²) in [7, 11) is 1.59. The molecule has 1 fully saturated rings. The maximum Gasteiger partial charge on any atom is 0.247 e. The van der Waals surface area contributed by atoms with Crippen LogP contribution in [0, 0.1) is 0 Å². The number of hydrogen-bond acceptors (Lipinski definition) is 3. The number of methoxy groups -OCH3 is 1. The average molecular weight is 463 g/mol. The summed E-state index contributed by atoms with van der Waals surface area (Å²) < 4.78 is 5.25. The van der Waals surface area contributed by atoms with E-state index in [-0.39, 0.29) is 30.3 Å². The van der Waals surface area contributed by atoms with Crippen LogP contribution in [0.15, 0.2) is 48.5 Å². The summed E-state index contributed by atoms with van der Waals surface area (Å²) in [5.41, 5.74) is 1.58. The summed E-state index contributed by atoms with van der Waals surface area (Å²) in [6.45, 7) is 0.248. The monoisotopic (exact) mass is 462 g/mol. The maximum atomic E-state index is 13.5. The normalized spacial score (nSPS) is 15.2. The number of hydrogen-bond donors (Lipinski definition) is 1. The van der Waals surface area contributed by atoms with Gasteiger partial charge in [0.1, 0.15) is 17.7 Å². The van der Waals surface area contributed by atoms with Crippen LogP contribution in [0.2, 0.25) is 5.02 Å². The van der Waals surface area contributed by atoms with Crippen LogP contribution in [-0.4, -0.2) is 35.7 Å². The summed E-state index contributed by atoms with van der Waals surface area (Å²) in [6.07, 6.45) is 5.33. The van der Waals surface area contributed by atoms with Crippen LogP contribution in [0.1, 0.15) is 49.3 Å². The van der Waals surface area contributed by atoms with Crippen molar-refractivity contribution in [3.63, 3.8) is 0 Å². The molecule has 1 unspecified atom stereocenters. The fourth-order valence-corrected chi connectivity index (χ4v) is 4.25. The maximum absolute atomic E-state index is 13.5. The van der Waals surface area contributed by atoms with Gasteiger partial charge < -0.3 is 15.0 Å². The highest BCUT2D eigenvalue weighted by Crippen LogP contribution is 2.28. The molecule has 2 aromatic rings. The van der Waals surface area contributed by atoms with E-state index in [0.717, 1.165) is 31.2 Å². The van der Waals surface area contributed by atoms with Crippen molar-refractivity contribution in [1.29, 1.82) is 0 Å². The SMILES string of the molecule is COc1ccc(C(C(=O)NC2CCCCC2)N(Cc2ccc(Cl)cc2)C(=O)CCl)cc1. The van der Waals surface area contributed by atoms with E-state index in [1.54, 1.807) is 31.4 Å². The molecule has 1 atom stereocenters. The number of halogens is 2. The molecule has 7 heteroatoms. The van der Waals surface area contributed by atoms with Gasteiger partial charge in [0.15, 0.2) is 0 Å². The second-order valence-electron chi connectivity index (χ2n) is 7.80. The van der Waals surface area contributed by atoms with Gasteiger partial charge in [-0.3, -0.25) is 9.59 Å². The molecule has 0 aromatic heterocycles. The van der Waals surface area contributed by atoms with Gasteiger partial charge in [-0.1, -0.05) is 55.1 Å². The smallest absolute Gasteiger partial charge is 0.247 e. The number of carbonyl (C=O) groups is 2. The fraction of sp³-hybridized carbons (Fsp3) is 0.417. The Bertz CT molecular complexity index is 865. The number of amides is 2. The minimum absolute atomic E-state index is 0.130. The Kier molecular flexibility index (Phi) is 8.61. The predicted molar refractivity (Wildman–Crippen MR) is 123 cm³/mol. The molecule has 0 bridgehead atoms. The lowest BCUT2D eigenvalue weighted by Gasteiger charge is -2.33. The molecule has 1 N–H and O–H groups in total. The lowest BCUT2D eigenvalue weighted by atomic mass is 9.94. The van der Waals surface area contributed by atoms with Crippen LogP contribution in [0.4, 0.5) is 0 Å². The van der Waals surface area contributed by atoms with Crippen LogP contribution in [0.3, 0.4) is 0 Å². The highest BCUT2D eigenvalue weighted by Gasteiger charge is 2.32. The Labute approximate surface area is 193 Å². The standard InChI is InChI=1S/C24H28Cl2N2O3/c1-31-21-13-9-18(10-14-21)23(24(30)27-20-5-3-2-4-6-20)28(22(29)15-25)16-17-7-11-19(26)12-8-17/h7-14,20,23H,2-6,15-16H2,1H3,(H,27,30). The van der Waals surface area contributed by atoms with Gasteiger partial charge in [0.25, 0.3) is 0 Å². The van der Waals surface area contributed by atoms with Gasteiger partial charge in [-0.25, -0.2) is 0 Å². The first kappa shape index (κ1) is 23.4. The number of alkyl halides is 1. The molecule has 1 aliphatic carbocycles. The molecule has 166 valence electrons. The topological polar surface area (TPSA) is 58.6 Å². The van der Waals surface area contributed by atoms with Crippen molar-refractivity contribution in [2.24, 2.45) is 0 Å². The number of nitrogens with zero attached hydrogens (tertiary/aromatic N) is 1. The molecule has 0 spiro atoms. The summed E-state index contributed by atoms with van der Waals surface area (Å²) in [6, 6.07) is 13.8. The number of rotatable bonds is 8. The Morgan fingerprint density at radius 1 is 1.06 bits per heavy atom. The zero-order valence-corrected chi connectivity index (χ0v) is 19.2. The van der Waals surface area contributed by atoms with Gasteiger partial charge in [-0.15, -0.1) is 11.6 Å². The molecule has 0 radical (unpaired) electrons. The summed E-state index contributed by atoms with van der Waals surface area (Å²) in [5.74, 6) is -0.0272. The van der Waals surface area contributed by atoms with E-state index in [2.05, 4.69) is 5.32 Å². The lowest BCUT2D eigenvalue weighted by molar-refractivity contribution is -0.140. The molecular formula is C24H28Cl2N2O3. The molecule has 31 heavy (non-hydrogen) atoms. The number of ether oxygens (including phenoxy) is 1. The van der Waals surface area contributed by atoms with Crippen LogP contribution in [0.25, 0.3) is 0 Å². The van der Waals surface area contributed by atoms with Gasteiger partial charge in [0, 0.05) is 17.6 Å². The van der Waals surface area contributed by atoms with Crippen LogP contribution in [0.5, 0.6) is 5.75 Å². The fourth-order valence-electron chi connectivity index (χ4n) is 3.97. The first-order valence-corrected chi connectivity index (χ1v) is 11.5. The molecule has 5 nitrogen and oxygen atoms in total. The van der Waals surface area contributed by atoms with Gasteiger partial charge in [-0.2, -0.15) is 0 Å². The van der Waals surface area contributed by atoms with Crippen molar-refractivity contribution in [1.82, 2.24) is 10.2 Å². The van der Waals surface area contributed by atoms with Crippen molar-refractivity contribution in [2.45, 2.75) is 50.7 Å². The highest BCUT2D eigenvalue weighted by molar-refractivity contribution is 6.30. The molecule has 2 amide bonds. The Morgan fingerprint density at radius 3 is 2.29 bits per heavy atom. The summed E-state index contributed by atoms with van der Waals surface area (Å²) in [4.78, 5) is 27.9. The van der Waals surface area contributed by atoms with Crippen LogP contribution in [-0.2, 0) is 16.1 Å². The molecule has 2 aromatic carbocycles. The van der Waals surface area contributed by atoms with Crippen molar-refractivity contribution in [3.05, 3.63) is 64.7 Å². The number of carbonyl (C=O) groups excluding carboxylic acids is 2. The van der Waals surface area contributed by atoms with E-state index in [4.69, 9.17) is 27.9 Å². The average Bonchev–Trinajstić information content (AvgIpc) is 2.80. The predicted octanol–water partition coefficient (Wildman–Crippen LogP) is 5.11. The van der Waals surface area contributed by atoms with E-state index in [1.165, 1.54) is 11.3 Å². The Morgan fingerprint density at radius 2 is 1.71 bits per heavy atom.